The van der Waals surface area contributed by atoms with Gasteiger partial charge in [-0.3, -0.25) is 4.79 Å². The number of carbonyl (C=O) groups excluding carboxylic acids is 2. The maximum Gasteiger partial charge on any atom is 0.373 e. The third-order valence-electron chi connectivity index (χ3n) is 4.44. The molecular formula is C16H24O5. The van der Waals surface area contributed by atoms with Crippen molar-refractivity contribution in [2.45, 2.75) is 58.2 Å². The molecule has 2 unspecified atom stereocenters. The molecule has 0 bridgehead atoms. The lowest BCUT2D eigenvalue weighted by Crippen LogP contribution is -2.46. The summed E-state index contributed by atoms with van der Waals surface area (Å²) in [6, 6.07) is 0. The Morgan fingerprint density at radius 3 is 2.62 bits per heavy atom. The molecule has 2 atom stereocenters. The van der Waals surface area contributed by atoms with Crippen LogP contribution < -0.4 is 0 Å². The Morgan fingerprint density at radius 2 is 2.05 bits per heavy atom. The van der Waals surface area contributed by atoms with Crippen molar-refractivity contribution in [3.8, 4) is 0 Å². The maximum absolute atomic E-state index is 11.9. The summed E-state index contributed by atoms with van der Waals surface area (Å²) in [7, 11) is 0. The lowest BCUT2D eigenvalue weighted by Gasteiger charge is -2.38. The van der Waals surface area contributed by atoms with E-state index in [2.05, 4.69) is 0 Å². The van der Waals surface area contributed by atoms with Gasteiger partial charge in [0.05, 0.1) is 6.61 Å². The molecule has 2 aliphatic rings. The molecule has 0 aromatic heterocycles. The van der Waals surface area contributed by atoms with E-state index in [-0.39, 0.29) is 24.7 Å². The average molecular weight is 296 g/mol. The van der Waals surface area contributed by atoms with Crippen LogP contribution in [0.25, 0.3) is 0 Å². The van der Waals surface area contributed by atoms with Crippen molar-refractivity contribution in [3.05, 3.63) is 11.8 Å². The van der Waals surface area contributed by atoms with E-state index in [1.54, 1.807) is 13.0 Å². The number of hydrogen-bond donors (Lipinski definition) is 1. The summed E-state index contributed by atoms with van der Waals surface area (Å²) >= 11 is 0. The summed E-state index contributed by atoms with van der Waals surface area (Å²) in [4.78, 5) is 23.6. The molecule has 5 nitrogen and oxygen atoms in total. The summed E-state index contributed by atoms with van der Waals surface area (Å²) < 4.78 is 10.2. The fourth-order valence-corrected chi connectivity index (χ4v) is 3.22. The van der Waals surface area contributed by atoms with Crippen molar-refractivity contribution in [2.24, 2.45) is 11.8 Å². The van der Waals surface area contributed by atoms with Gasteiger partial charge in [-0.15, -0.1) is 0 Å². The van der Waals surface area contributed by atoms with E-state index in [1.165, 1.54) is 13.3 Å². The Kier molecular flexibility index (Phi) is 5.04. The number of allylic oxidation sites excluding steroid dienone is 1. The van der Waals surface area contributed by atoms with Crippen molar-refractivity contribution in [1.29, 1.82) is 0 Å². The highest BCUT2D eigenvalue weighted by atomic mass is 16.7. The highest BCUT2D eigenvalue weighted by Gasteiger charge is 2.45. The summed E-state index contributed by atoms with van der Waals surface area (Å²) in [6.07, 6.45) is 7.62. The van der Waals surface area contributed by atoms with Gasteiger partial charge in [0.1, 0.15) is 0 Å². The van der Waals surface area contributed by atoms with E-state index in [1.807, 2.05) is 0 Å². The fraction of sp³-hybridized carbons (Fsp3) is 0.750. The van der Waals surface area contributed by atoms with Crippen LogP contribution in [0, 0.1) is 11.8 Å². The monoisotopic (exact) mass is 296 g/mol. The highest BCUT2D eigenvalue weighted by molar-refractivity contribution is 5.89. The average Bonchev–Trinajstić information content (AvgIpc) is 2.47. The van der Waals surface area contributed by atoms with Gasteiger partial charge >= 0.3 is 5.97 Å². The van der Waals surface area contributed by atoms with Gasteiger partial charge in [0, 0.05) is 13.3 Å². The first kappa shape index (κ1) is 16.0. The first-order chi connectivity index (χ1) is 9.96. The Labute approximate surface area is 125 Å². The van der Waals surface area contributed by atoms with Gasteiger partial charge in [-0.25, -0.2) is 4.79 Å². The van der Waals surface area contributed by atoms with Crippen LogP contribution in [0.4, 0.5) is 0 Å². The van der Waals surface area contributed by atoms with Crippen LogP contribution in [0.15, 0.2) is 11.8 Å². The van der Waals surface area contributed by atoms with Crippen LogP contribution in [0.5, 0.6) is 0 Å². The molecular weight excluding hydrogens is 272 g/mol. The smallest absolute Gasteiger partial charge is 0.373 e. The van der Waals surface area contributed by atoms with Gasteiger partial charge < -0.3 is 14.6 Å². The standard InChI is InChI=1S/C16H24O5/c1-3-20-15(18)14-9-13(12-7-5-4-6-8-12)10-16(19,21-14)11(2)17/h9,12-13,19H,3-8,10H2,1-2H3. The van der Waals surface area contributed by atoms with Crippen molar-refractivity contribution >= 4 is 11.8 Å². The number of rotatable bonds is 4. The lowest BCUT2D eigenvalue weighted by molar-refractivity contribution is -0.205. The van der Waals surface area contributed by atoms with Gasteiger partial charge in [0.15, 0.2) is 0 Å². The third kappa shape index (κ3) is 3.64. The molecule has 0 radical (unpaired) electrons. The number of Topliss-reactive ketones (excluding diaryl/α,β-unsaturated/α-hetero) is 1. The zero-order chi connectivity index (χ0) is 15.5. The minimum atomic E-state index is -1.90. The zero-order valence-electron chi connectivity index (χ0n) is 12.8. The van der Waals surface area contributed by atoms with E-state index < -0.39 is 17.5 Å². The van der Waals surface area contributed by atoms with E-state index in [4.69, 9.17) is 9.47 Å². The van der Waals surface area contributed by atoms with Gasteiger partial charge in [-0.05, 0) is 37.7 Å². The summed E-state index contributed by atoms with van der Waals surface area (Å²) in [5.74, 6) is -2.66. The number of esters is 1. The molecule has 21 heavy (non-hydrogen) atoms. The summed E-state index contributed by atoms with van der Waals surface area (Å²) in [5, 5.41) is 10.4. The van der Waals surface area contributed by atoms with Crippen LogP contribution in [-0.2, 0) is 19.1 Å². The first-order valence-corrected chi connectivity index (χ1v) is 7.77. The number of ether oxygens (including phenoxy) is 2. The first-order valence-electron chi connectivity index (χ1n) is 7.77. The topological polar surface area (TPSA) is 72.8 Å². The number of aliphatic hydroxyl groups is 1. The van der Waals surface area contributed by atoms with E-state index in [9.17, 15) is 14.7 Å². The molecule has 1 N–H and O–H groups in total. The molecule has 5 heteroatoms. The molecule has 0 aromatic carbocycles. The molecule has 118 valence electrons. The molecule has 1 aliphatic carbocycles. The van der Waals surface area contributed by atoms with E-state index in [0.717, 1.165) is 25.7 Å². The predicted molar refractivity (Wildman–Crippen MR) is 76.1 cm³/mol. The van der Waals surface area contributed by atoms with Crippen LogP contribution in [0.2, 0.25) is 0 Å². The number of carbonyl (C=O) groups is 2. The normalized spacial score (nSPS) is 30.2. The molecule has 1 aliphatic heterocycles. The second-order valence-electron chi connectivity index (χ2n) is 5.96. The maximum atomic E-state index is 11.9. The highest BCUT2D eigenvalue weighted by Crippen LogP contribution is 2.40. The fourth-order valence-electron chi connectivity index (χ4n) is 3.22. The molecule has 1 heterocycles. The summed E-state index contributed by atoms with van der Waals surface area (Å²) in [5.41, 5.74) is 0. The molecule has 1 fully saturated rings. The molecule has 0 amide bonds. The van der Waals surface area contributed by atoms with E-state index >= 15 is 0 Å². The van der Waals surface area contributed by atoms with Gasteiger partial charge in [-0.1, -0.05) is 19.3 Å². The van der Waals surface area contributed by atoms with Gasteiger partial charge in [-0.2, -0.15) is 0 Å². The van der Waals surface area contributed by atoms with Crippen molar-refractivity contribution in [1.82, 2.24) is 0 Å². The minimum absolute atomic E-state index is 0.0210. The third-order valence-corrected chi connectivity index (χ3v) is 4.44. The summed E-state index contributed by atoms with van der Waals surface area (Å²) in [6.45, 7) is 3.22. The Morgan fingerprint density at radius 1 is 1.38 bits per heavy atom. The zero-order valence-corrected chi connectivity index (χ0v) is 12.8. The van der Waals surface area contributed by atoms with Crippen molar-refractivity contribution < 1.29 is 24.2 Å². The molecule has 0 saturated heterocycles. The van der Waals surface area contributed by atoms with Gasteiger partial charge in [0.2, 0.25) is 11.5 Å². The molecule has 0 spiro atoms. The van der Waals surface area contributed by atoms with Crippen molar-refractivity contribution in [3.63, 3.8) is 0 Å². The van der Waals surface area contributed by atoms with E-state index in [0.29, 0.717) is 5.92 Å². The Balaban J connectivity index is 2.23. The predicted octanol–water partition coefficient (Wildman–Crippen LogP) is 2.33. The lowest BCUT2D eigenvalue weighted by atomic mass is 9.75. The SMILES string of the molecule is CCOC(=O)C1=CC(C2CCCCC2)CC(O)(C(C)=O)O1. The Bertz CT molecular complexity index is 436. The van der Waals surface area contributed by atoms with Crippen LogP contribution >= 0.6 is 0 Å². The quantitative estimate of drug-likeness (QED) is 0.806. The van der Waals surface area contributed by atoms with Crippen LogP contribution in [0.3, 0.4) is 0 Å². The van der Waals surface area contributed by atoms with Crippen LogP contribution in [0.1, 0.15) is 52.4 Å². The number of hydrogen-bond acceptors (Lipinski definition) is 5. The van der Waals surface area contributed by atoms with Gasteiger partial charge in [0.25, 0.3) is 5.79 Å². The largest absolute Gasteiger partial charge is 0.460 e. The second kappa shape index (κ2) is 6.60. The molecule has 0 aromatic rings. The second-order valence-corrected chi connectivity index (χ2v) is 5.96. The van der Waals surface area contributed by atoms with Crippen molar-refractivity contribution in [2.75, 3.05) is 6.61 Å². The number of ketones is 1. The van der Waals surface area contributed by atoms with Crippen LogP contribution in [-0.4, -0.2) is 29.3 Å². The molecule has 2 rings (SSSR count). The Hall–Kier alpha value is -1.36. The minimum Gasteiger partial charge on any atom is -0.460 e. The molecule has 1 saturated carbocycles.